The Morgan fingerprint density at radius 1 is 1.24 bits per heavy atom. The van der Waals surface area contributed by atoms with E-state index in [1.165, 1.54) is 0 Å². The van der Waals surface area contributed by atoms with Crippen LogP contribution in [0.15, 0.2) is 29.3 Å². The van der Waals surface area contributed by atoms with Crippen molar-refractivity contribution in [1.82, 2.24) is 15.5 Å². The van der Waals surface area contributed by atoms with Crippen molar-refractivity contribution in [3.63, 3.8) is 0 Å². The second-order valence-electron chi connectivity index (χ2n) is 5.95. The Hall–Kier alpha value is -1.90. The first kappa shape index (κ1) is 19.4. The zero-order valence-corrected chi connectivity index (χ0v) is 15.7. The van der Waals surface area contributed by atoms with Gasteiger partial charge in [-0.25, -0.2) is 0 Å². The molecule has 136 valence electrons. The van der Waals surface area contributed by atoms with E-state index in [1.807, 2.05) is 25.1 Å². The van der Waals surface area contributed by atoms with Gasteiger partial charge in [0.05, 0.1) is 17.3 Å². The van der Waals surface area contributed by atoms with Gasteiger partial charge in [-0.3, -0.25) is 9.89 Å². The summed E-state index contributed by atoms with van der Waals surface area (Å²) in [7, 11) is 0. The lowest BCUT2D eigenvalue weighted by Crippen LogP contribution is -2.46. The maximum absolute atomic E-state index is 6.29. The predicted molar refractivity (Wildman–Crippen MR) is 108 cm³/mol. The maximum atomic E-state index is 6.29. The van der Waals surface area contributed by atoms with E-state index in [9.17, 15) is 0 Å². The summed E-state index contributed by atoms with van der Waals surface area (Å²) in [6, 6.07) is 8.07. The highest BCUT2D eigenvalue weighted by Gasteiger charge is 2.18. The zero-order valence-electron chi connectivity index (χ0n) is 15.0. The molecular formula is C19H28ClN5. The van der Waals surface area contributed by atoms with Crippen LogP contribution in [0.3, 0.4) is 0 Å². The standard InChI is InChI=1S/C19H28ClN5/c1-3-10-22-19(21-4-2)23-11-7-12-24-13-15-25(16-14-24)18-9-6-5-8-17(18)20/h1,5-6,8-9H,4,7,10-16H2,2H3,(H2,21,22,23). The minimum Gasteiger partial charge on any atom is -0.368 e. The molecule has 1 aliphatic heterocycles. The number of terminal acetylenes is 1. The van der Waals surface area contributed by atoms with Crippen molar-refractivity contribution < 1.29 is 0 Å². The molecule has 0 aromatic heterocycles. The number of anilines is 1. The number of nitrogens with zero attached hydrogens (tertiary/aromatic N) is 3. The lowest BCUT2D eigenvalue weighted by atomic mass is 10.2. The molecule has 2 N–H and O–H groups in total. The first-order valence-corrected chi connectivity index (χ1v) is 9.30. The number of halogens is 1. The molecule has 6 heteroatoms. The minimum absolute atomic E-state index is 0.496. The van der Waals surface area contributed by atoms with Crippen LogP contribution in [0.4, 0.5) is 5.69 Å². The van der Waals surface area contributed by atoms with Gasteiger partial charge < -0.3 is 15.5 Å². The topological polar surface area (TPSA) is 42.9 Å². The van der Waals surface area contributed by atoms with Crippen molar-refractivity contribution in [2.75, 3.05) is 57.3 Å². The molecule has 2 rings (SSSR count). The summed E-state index contributed by atoms with van der Waals surface area (Å²) >= 11 is 6.29. The SMILES string of the molecule is C#CCNC(=NCCCN1CCN(c2ccccc2Cl)CC1)NCC. The van der Waals surface area contributed by atoms with E-state index in [0.717, 1.165) is 68.9 Å². The second kappa shape index (κ2) is 10.9. The lowest BCUT2D eigenvalue weighted by Gasteiger charge is -2.36. The Morgan fingerprint density at radius 3 is 2.68 bits per heavy atom. The summed E-state index contributed by atoms with van der Waals surface area (Å²) in [6.45, 7) is 9.38. The number of hydrogen-bond acceptors (Lipinski definition) is 3. The molecule has 1 aromatic carbocycles. The van der Waals surface area contributed by atoms with Crippen LogP contribution in [0.1, 0.15) is 13.3 Å². The summed E-state index contributed by atoms with van der Waals surface area (Å²) in [5.74, 6) is 3.36. The number of hydrogen-bond donors (Lipinski definition) is 2. The third-order valence-corrected chi connectivity index (χ3v) is 4.49. The number of piperazine rings is 1. The highest BCUT2D eigenvalue weighted by atomic mass is 35.5. The van der Waals surface area contributed by atoms with E-state index >= 15 is 0 Å². The normalized spacial score (nSPS) is 15.7. The van der Waals surface area contributed by atoms with Crippen molar-refractivity contribution >= 4 is 23.2 Å². The smallest absolute Gasteiger partial charge is 0.192 e. The summed E-state index contributed by atoms with van der Waals surface area (Å²) < 4.78 is 0. The number of para-hydroxylation sites is 1. The van der Waals surface area contributed by atoms with Crippen LogP contribution in [0.2, 0.25) is 5.02 Å². The van der Waals surface area contributed by atoms with Crippen molar-refractivity contribution in [1.29, 1.82) is 0 Å². The van der Waals surface area contributed by atoms with E-state index in [2.05, 4.69) is 37.4 Å². The van der Waals surface area contributed by atoms with Gasteiger partial charge in [0.1, 0.15) is 0 Å². The third-order valence-electron chi connectivity index (χ3n) is 4.17. The monoisotopic (exact) mass is 361 g/mol. The summed E-state index contributed by atoms with van der Waals surface area (Å²) in [6.07, 6.45) is 6.31. The molecule has 1 aromatic rings. The van der Waals surface area contributed by atoms with Gasteiger partial charge in [0.2, 0.25) is 0 Å². The van der Waals surface area contributed by atoms with Crippen molar-refractivity contribution in [2.24, 2.45) is 4.99 Å². The van der Waals surface area contributed by atoms with Crippen molar-refractivity contribution in [3.05, 3.63) is 29.3 Å². The summed E-state index contributed by atoms with van der Waals surface area (Å²) in [5.41, 5.74) is 1.14. The van der Waals surface area contributed by atoms with Gasteiger partial charge in [0, 0.05) is 45.8 Å². The molecule has 0 saturated carbocycles. The van der Waals surface area contributed by atoms with Crippen LogP contribution in [-0.2, 0) is 0 Å². The number of nitrogens with one attached hydrogen (secondary N) is 2. The van der Waals surface area contributed by atoms with E-state index in [-0.39, 0.29) is 0 Å². The van der Waals surface area contributed by atoms with Crippen LogP contribution in [0.25, 0.3) is 0 Å². The van der Waals surface area contributed by atoms with E-state index in [1.54, 1.807) is 0 Å². The third kappa shape index (κ3) is 6.49. The molecule has 0 atom stereocenters. The molecule has 0 spiro atoms. The highest BCUT2D eigenvalue weighted by molar-refractivity contribution is 6.33. The van der Waals surface area contributed by atoms with Crippen LogP contribution in [0.5, 0.6) is 0 Å². The first-order chi connectivity index (χ1) is 12.2. The lowest BCUT2D eigenvalue weighted by molar-refractivity contribution is 0.256. The Labute approximate surface area is 156 Å². The van der Waals surface area contributed by atoms with Gasteiger partial charge in [-0.2, -0.15) is 0 Å². The molecule has 5 nitrogen and oxygen atoms in total. The molecular weight excluding hydrogens is 334 g/mol. The molecule has 25 heavy (non-hydrogen) atoms. The van der Waals surface area contributed by atoms with Gasteiger partial charge in [0.25, 0.3) is 0 Å². The van der Waals surface area contributed by atoms with Crippen LogP contribution < -0.4 is 15.5 Å². The van der Waals surface area contributed by atoms with Crippen LogP contribution in [-0.4, -0.2) is 63.2 Å². The Kier molecular flexibility index (Phi) is 8.44. The van der Waals surface area contributed by atoms with Crippen molar-refractivity contribution in [3.8, 4) is 12.3 Å². The van der Waals surface area contributed by atoms with Crippen LogP contribution >= 0.6 is 11.6 Å². The molecule has 1 aliphatic rings. The maximum Gasteiger partial charge on any atom is 0.192 e. The average molecular weight is 362 g/mol. The Bertz CT molecular complexity index is 588. The van der Waals surface area contributed by atoms with Crippen LogP contribution in [0, 0.1) is 12.3 Å². The molecule has 0 amide bonds. The van der Waals surface area contributed by atoms with Gasteiger partial charge in [-0.15, -0.1) is 6.42 Å². The largest absolute Gasteiger partial charge is 0.368 e. The number of rotatable bonds is 7. The number of benzene rings is 1. The molecule has 0 aliphatic carbocycles. The van der Waals surface area contributed by atoms with Gasteiger partial charge in [0.15, 0.2) is 5.96 Å². The number of aliphatic imine (C=N–C) groups is 1. The summed E-state index contributed by atoms with van der Waals surface area (Å²) in [5, 5.41) is 7.14. The fraction of sp³-hybridized carbons (Fsp3) is 0.526. The molecule has 1 fully saturated rings. The molecule has 0 bridgehead atoms. The molecule has 0 radical (unpaired) electrons. The number of guanidine groups is 1. The molecule has 1 heterocycles. The highest BCUT2D eigenvalue weighted by Crippen LogP contribution is 2.25. The van der Waals surface area contributed by atoms with Gasteiger partial charge >= 0.3 is 0 Å². The zero-order chi connectivity index (χ0) is 17.9. The van der Waals surface area contributed by atoms with Gasteiger partial charge in [-0.05, 0) is 25.5 Å². The fourth-order valence-corrected chi connectivity index (χ4v) is 3.14. The molecule has 1 saturated heterocycles. The Morgan fingerprint density at radius 2 is 2.00 bits per heavy atom. The summed E-state index contributed by atoms with van der Waals surface area (Å²) in [4.78, 5) is 9.41. The first-order valence-electron chi connectivity index (χ1n) is 8.92. The minimum atomic E-state index is 0.496. The molecule has 0 unspecified atom stereocenters. The quantitative estimate of drug-likeness (QED) is 0.337. The van der Waals surface area contributed by atoms with E-state index in [4.69, 9.17) is 18.0 Å². The fourth-order valence-electron chi connectivity index (χ4n) is 2.88. The van der Waals surface area contributed by atoms with E-state index in [0.29, 0.717) is 6.54 Å². The predicted octanol–water partition coefficient (Wildman–Crippen LogP) is 2.04. The van der Waals surface area contributed by atoms with Crippen molar-refractivity contribution in [2.45, 2.75) is 13.3 Å². The Balaban J connectivity index is 1.70. The van der Waals surface area contributed by atoms with Gasteiger partial charge in [-0.1, -0.05) is 29.7 Å². The van der Waals surface area contributed by atoms with E-state index < -0.39 is 0 Å². The second-order valence-corrected chi connectivity index (χ2v) is 6.36. The average Bonchev–Trinajstić information content (AvgIpc) is 2.64.